The minimum Gasteiger partial charge on any atom is -0.497 e. The molecule has 1 aromatic heterocycles. The van der Waals surface area contributed by atoms with Crippen LogP contribution >= 0.6 is 0 Å². The van der Waals surface area contributed by atoms with Gasteiger partial charge in [0.15, 0.2) is 0 Å². The number of rotatable bonds is 5. The fraction of sp³-hybridized carbons (Fsp3) is 0.250. The third-order valence-corrected chi connectivity index (χ3v) is 6.78. The highest BCUT2D eigenvalue weighted by atomic mass is 32.2. The Bertz CT molecular complexity index is 1260. The van der Waals surface area contributed by atoms with E-state index in [-0.39, 0.29) is 13.0 Å². The van der Waals surface area contributed by atoms with Gasteiger partial charge in [0, 0.05) is 17.4 Å². The van der Waals surface area contributed by atoms with Crippen molar-refractivity contribution < 1.29 is 23.2 Å². The highest BCUT2D eigenvalue weighted by molar-refractivity contribution is 7.85. The van der Waals surface area contributed by atoms with E-state index in [1.54, 1.807) is 17.7 Å². The second kappa shape index (κ2) is 8.35. The summed E-state index contributed by atoms with van der Waals surface area (Å²) in [5, 5.41) is 9.66. The number of carbonyl (C=O) groups is 1. The smallest absolute Gasteiger partial charge is 0.307 e. The van der Waals surface area contributed by atoms with Crippen molar-refractivity contribution in [3.63, 3.8) is 0 Å². The van der Waals surface area contributed by atoms with E-state index in [4.69, 9.17) is 4.74 Å². The molecule has 0 aliphatic carbocycles. The molecule has 1 atom stereocenters. The zero-order valence-corrected chi connectivity index (χ0v) is 19.0. The van der Waals surface area contributed by atoms with Crippen LogP contribution in [0.3, 0.4) is 0 Å². The van der Waals surface area contributed by atoms with Gasteiger partial charge in [0.25, 0.3) is 0 Å². The highest BCUT2D eigenvalue weighted by Gasteiger charge is 2.32. The number of pyridine rings is 1. The standard InChI is InChI=1S/C24H23FN2O4S/c1-13-19(10-20(28)29)21(15-5-7-18(31-3)8-6-15)14(2)22-23-16(9-17(25)11-26-23)12-27(24(13)22)32(4)30/h5-9,11H,10,12H2,1-4H3,(H,28,29). The largest absolute Gasteiger partial charge is 0.497 e. The van der Waals surface area contributed by atoms with Gasteiger partial charge >= 0.3 is 5.97 Å². The van der Waals surface area contributed by atoms with Gasteiger partial charge in [-0.1, -0.05) is 12.1 Å². The van der Waals surface area contributed by atoms with Crippen LogP contribution in [-0.4, -0.2) is 33.6 Å². The first kappa shape index (κ1) is 22.0. The van der Waals surface area contributed by atoms with E-state index >= 15 is 0 Å². The summed E-state index contributed by atoms with van der Waals surface area (Å²) >= 11 is 0. The van der Waals surface area contributed by atoms with Crippen molar-refractivity contribution in [3.05, 3.63) is 64.6 Å². The van der Waals surface area contributed by atoms with E-state index < -0.39 is 22.8 Å². The van der Waals surface area contributed by atoms with Crippen molar-refractivity contribution in [2.45, 2.75) is 26.8 Å². The number of nitrogens with zero attached hydrogens (tertiary/aromatic N) is 2. The van der Waals surface area contributed by atoms with Crippen molar-refractivity contribution in [2.24, 2.45) is 0 Å². The number of anilines is 1. The van der Waals surface area contributed by atoms with Crippen LogP contribution in [0.1, 0.15) is 22.3 Å². The van der Waals surface area contributed by atoms with Crippen LogP contribution in [-0.2, 0) is 28.7 Å². The van der Waals surface area contributed by atoms with Gasteiger partial charge in [-0.05, 0) is 59.9 Å². The third-order valence-electron chi connectivity index (χ3n) is 5.85. The number of carboxylic acid groups (broad SMARTS) is 1. The first-order chi connectivity index (χ1) is 15.2. The SMILES string of the molecule is COc1ccc(-c2c(C)c3c(c(C)c2CC(=O)O)N(S(C)=O)Cc2cc(F)cnc2-3)cc1. The number of aliphatic carboxylic acids is 1. The number of aromatic nitrogens is 1. The van der Waals surface area contributed by atoms with Gasteiger partial charge in [-0.15, -0.1) is 0 Å². The van der Waals surface area contributed by atoms with Crippen LogP contribution in [0.15, 0.2) is 36.5 Å². The Hall–Kier alpha value is -3.26. The quantitative estimate of drug-likeness (QED) is 0.617. The molecule has 1 aliphatic heterocycles. The summed E-state index contributed by atoms with van der Waals surface area (Å²) in [4.78, 5) is 16.2. The summed E-state index contributed by atoms with van der Waals surface area (Å²) in [6, 6.07) is 8.83. The fourth-order valence-corrected chi connectivity index (χ4v) is 5.26. The lowest BCUT2D eigenvalue weighted by molar-refractivity contribution is -0.136. The average Bonchev–Trinajstić information content (AvgIpc) is 2.76. The van der Waals surface area contributed by atoms with Crippen LogP contribution in [0.2, 0.25) is 0 Å². The molecule has 1 aliphatic rings. The summed E-state index contributed by atoms with van der Waals surface area (Å²) in [6.07, 6.45) is 2.55. The normalized spacial score (nSPS) is 13.3. The van der Waals surface area contributed by atoms with Gasteiger partial charge in [0.1, 0.15) is 22.6 Å². The Morgan fingerprint density at radius 1 is 1.22 bits per heavy atom. The number of benzene rings is 2. The number of methoxy groups -OCH3 is 1. The van der Waals surface area contributed by atoms with Crippen LogP contribution < -0.4 is 9.04 Å². The lowest BCUT2D eigenvalue weighted by Gasteiger charge is -2.34. The van der Waals surface area contributed by atoms with E-state index in [9.17, 15) is 18.5 Å². The molecular formula is C24H23FN2O4S. The maximum atomic E-state index is 14.0. The van der Waals surface area contributed by atoms with Crippen molar-refractivity contribution in [1.82, 2.24) is 4.98 Å². The molecule has 0 radical (unpaired) electrons. The van der Waals surface area contributed by atoms with Crippen molar-refractivity contribution in [3.8, 4) is 28.1 Å². The average molecular weight is 455 g/mol. The molecule has 2 heterocycles. The number of fused-ring (bicyclic) bond motifs is 3. The van der Waals surface area contributed by atoms with Crippen LogP contribution in [0.25, 0.3) is 22.4 Å². The Kier molecular flexibility index (Phi) is 5.73. The zero-order valence-electron chi connectivity index (χ0n) is 18.2. The first-order valence-corrected chi connectivity index (χ1v) is 11.5. The molecule has 1 N–H and O–H groups in total. The van der Waals surface area contributed by atoms with E-state index in [2.05, 4.69) is 4.98 Å². The molecule has 8 heteroatoms. The summed E-state index contributed by atoms with van der Waals surface area (Å²) < 4.78 is 33.6. The van der Waals surface area contributed by atoms with Gasteiger partial charge in [0.05, 0.1) is 37.7 Å². The molecule has 1 unspecified atom stereocenters. The maximum Gasteiger partial charge on any atom is 0.307 e. The lowest BCUT2D eigenvalue weighted by Crippen LogP contribution is -2.30. The summed E-state index contributed by atoms with van der Waals surface area (Å²) in [5.41, 5.74) is 6.51. The Morgan fingerprint density at radius 3 is 2.50 bits per heavy atom. The monoisotopic (exact) mass is 454 g/mol. The second-order valence-corrected chi connectivity index (χ2v) is 9.04. The number of hydrogen-bond acceptors (Lipinski definition) is 4. The summed E-state index contributed by atoms with van der Waals surface area (Å²) in [5.74, 6) is -0.722. The predicted molar refractivity (Wildman–Crippen MR) is 123 cm³/mol. The first-order valence-electron chi connectivity index (χ1n) is 10.0. The molecule has 0 fully saturated rings. The van der Waals surface area contributed by atoms with Crippen LogP contribution in [0.5, 0.6) is 5.75 Å². The van der Waals surface area contributed by atoms with Crippen molar-refractivity contribution in [1.29, 1.82) is 0 Å². The number of halogens is 1. The molecular weight excluding hydrogens is 431 g/mol. The van der Waals surface area contributed by atoms with Gasteiger partial charge < -0.3 is 9.84 Å². The molecule has 0 amide bonds. The molecule has 0 spiro atoms. The van der Waals surface area contributed by atoms with Gasteiger partial charge in [-0.2, -0.15) is 0 Å². The van der Waals surface area contributed by atoms with Gasteiger partial charge in [-0.3, -0.25) is 14.1 Å². The van der Waals surface area contributed by atoms with Crippen LogP contribution in [0, 0.1) is 19.7 Å². The number of carboxylic acids is 1. The van der Waals surface area contributed by atoms with Crippen LogP contribution in [0.4, 0.5) is 10.1 Å². The van der Waals surface area contributed by atoms with E-state index in [0.717, 1.165) is 27.8 Å². The molecule has 32 heavy (non-hydrogen) atoms. The molecule has 3 aromatic rings. The molecule has 0 bridgehead atoms. The molecule has 0 saturated heterocycles. The predicted octanol–water partition coefficient (Wildman–Crippen LogP) is 4.42. The number of ether oxygens (including phenoxy) is 1. The maximum absolute atomic E-state index is 14.0. The Morgan fingerprint density at radius 2 is 1.91 bits per heavy atom. The highest BCUT2D eigenvalue weighted by Crippen LogP contribution is 2.48. The molecule has 4 rings (SSSR count). The molecule has 0 saturated carbocycles. The second-order valence-electron chi connectivity index (χ2n) is 7.75. The molecule has 6 nitrogen and oxygen atoms in total. The Labute approximate surface area is 188 Å². The number of hydrogen-bond donors (Lipinski definition) is 1. The van der Waals surface area contributed by atoms with Gasteiger partial charge in [0.2, 0.25) is 0 Å². The van der Waals surface area contributed by atoms with E-state index in [1.807, 2.05) is 38.1 Å². The lowest BCUT2D eigenvalue weighted by atomic mass is 9.82. The van der Waals surface area contributed by atoms with Gasteiger partial charge in [-0.25, -0.2) is 8.60 Å². The molecule has 166 valence electrons. The summed E-state index contributed by atoms with van der Waals surface area (Å²) in [7, 11) is 0.181. The minimum atomic E-state index is -1.40. The third kappa shape index (κ3) is 3.64. The zero-order chi connectivity index (χ0) is 23.2. The summed E-state index contributed by atoms with van der Waals surface area (Å²) in [6.45, 7) is 3.98. The van der Waals surface area contributed by atoms with E-state index in [1.165, 1.54) is 12.3 Å². The van der Waals surface area contributed by atoms with Crippen molar-refractivity contribution in [2.75, 3.05) is 17.7 Å². The molecule has 2 aromatic carbocycles. The minimum absolute atomic E-state index is 0.185. The Balaban J connectivity index is 2.11. The van der Waals surface area contributed by atoms with Crippen molar-refractivity contribution >= 4 is 22.6 Å². The fourth-order valence-electron chi connectivity index (χ4n) is 4.45. The van der Waals surface area contributed by atoms with E-state index in [0.29, 0.717) is 28.3 Å². The topological polar surface area (TPSA) is 79.7 Å².